The van der Waals surface area contributed by atoms with Crippen molar-refractivity contribution in [2.45, 2.75) is 31.0 Å². The van der Waals surface area contributed by atoms with Gasteiger partial charge in [0, 0.05) is 12.5 Å². The summed E-state index contributed by atoms with van der Waals surface area (Å²) in [7, 11) is 0. The fraction of sp³-hybridized carbons (Fsp3) is 0.348. The van der Waals surface area contributed by atoms with Crippen molar-refractivity contribution in [3.05, 3.63) is 59.7 Å². The molecule has 2 amide bonds. The fourth-order valence-electron chi connectivity index (χ4n) is 3.83. The molecule has 0 saturated carbocycles. The number of hydrogen-bond acceptors (Lipinski definition) is 4. The molecule has 2 unspecified atom stereocenters. The van der Waals surface area contributed by atoms with E-state index in [4.69, 9.17) is 9.84 Å². The van der Waals surface area contributed by atoms with Crippen molar-refractivity contribution in [1.29, 1.82) is 0 Å². The zero-order chi connectivity index (χ0) is 25.8. The molecule has 2 aromatic carbocycles. The second-order valence-electron chi connectivity index (χ2n) is 7.85. The Hall–Kier alpha value is -3.70. The van der Waals surface area contributed by atoms with Crippen LogP contribution in [0.15, 0.2) is 48.5 Å². The second kappa shape index (κ2) is 10.7. The summed E-state index contributed by atoms with van der Waals surface area (Å²) in [4.78, 5) is 34.7. The maximum atomic E-state index is 13.3. The predicted octanol–water partition coefficient (Wildman–Crippen LogP) is 3.93. The van der Waals surface area contributed by atoms with E-state index >= 15 is 0 Å². The molecular weight excluding hydrogens is 479 g/mol. The number of carbonyl (C=O) groups is 3. The molecule has 3 N–H and O–H groups in total. The summed E-state index contributed by atoms with van der Waals surface area (Å²) in [5.41, 5.74) is 3.70. The van der Waals surface area contributed by atoms with Crippen molar-refractivity contribution < 1.29 is 46.2 Å². The lowest BCUT2D eigenvalue weighted by molar-refractivity contribution is -0.192. The highest BCUT2D eigenvalue weighted by Gasteiger charge is 2.45. The number of carboxylic acid groups (broad SMARTS) is 1. The quantitative estimate of drug-likeness (QED) is 0.453. The van der Waals surface area contributed by atoms with Crippen molar-refractivity contribution >= 4 is 18.0 Å². The molecule has 0 saturated heterocycles. The molecule has 12 heteroatoms. The van der Waals surface area contributed by atoms with Gasteiger partial charge in [-0.25, -0.2) is 13.6 Å². The van der Waals surface area contributed by atoms with Gasteiger partial charge in [0.2, 0.25) is 5.91 Å². The van der Waals surface area contributed by atoms with Crippen molar-refractivity contribution in [3.63, 3.8) is 0 Å². The number of fused-ring (bicyclic) bond motifs is 3. The van der Waals surface area contributed by atoms with Crippen LogP contribution in [0.3, 0.4) is 0 Å². The molecule has 0 bridgehead atoms. The number of alkyl carbamates (subject to hydrolysis) is 1. The zero-order valence-electron chi connectivity index (χ0n) is 18.0. The highest BCUT2D eigenvalue weighted by atomic mass is 19.4. The zero-order valence-corrected chi connectivity index (χ0v) is 18.0. The van der Waals surface area contributed by atoms with Gasteiger partial charge in [-0.2, -0.15) is 13.2 Å². The van der Waals surface area contributed by atoms with E-state index in [0.29, 0.717) is 0 Å². The Bertz CT molecular complexity index is 1050. The van der Waals surface area contributed by atoms with Crippen LogP contribution in [0.25, 0.3) is 11.1 Å². The number of aliphatic carboxylic acids is 1. The molecule has 0 fully saturated rings. The van der Waals surface area contributed by atoms with Gasteiger partial charge < -0.3 is 20.5 Å². The molecule has 0 aromatic heterocycles. The lowest BCUT2D eigenvalue weighted by Gasteiger charge is -2.20. The summed E-state index contributed by atoms with van der Waals surface area (Å²) in [5, 5.41) is 12.1. The topological polar surface area (TPSA) is 105 Å². The van der Waals surface area contributed by atoms with Crippen LogP contribution in [0.4, 0.5) is 26.7 Å². The van der Waals surface area contributed by atoms with Crippen molar-refractivity contribution in [2.75, 3.05) is 13.2 Å². The summed E-state index contributed by atoms with van der Waals surface area (Å²) in [6.07, 6.45) is -10.7. The van der Waals surface area contributed by atoms with Crippen LogP contribution in [-0.2, 0) is 14.3 Å². The van der Waals surface area contributed by atoms with Crippen LogP contribution in [0.5, 0.6) is 0 Å². The van der Waals surface area contributed by atoms with Crippen molar-refractivity contribution in [2.24, 2.45) is 5.92 Å². The third-order valence-electron chi connectivity index (χ3n) is 5.55. The van der Waals surface area contributed by atoms with Crippen LogP contribution >= 0.6 is 0 Å². The van der Waals surface area contributed by atoms with Crippen LogP contribution < -0.4 is 10.6 Å². The number of benzene rings is 2. The average molecular weight is 500 g/mol. The Morgan fingerprint density at radius 1 is 0.971 bits per heavy atom. The largest absolute Gasteiger partial charge is 0.481 e. The number of hydrogen-bond donors (Lipinski definition) is 3. The van der Waals surface area contributed by atoms with E-state index in [0.717, 1.165) is 22.3 Å². The van der Waals surface area contributed by atoms with Crippen molar-refractivity contribution in [3.8, 4) is 11.1 Å². The Kier molecular flexibility index (Phi) is 7.92. The molecule has 0 spiro atoms. The van der Waals surface area contributed by atoms with E-state index in [1.54, 1.807) is 5.32 Å². The first-order valence-electron chi connectivity index (χ1n) is 10.4. The van der Waals surface area contributed by atoms with Crippen LogP contribution in [0.2, 0.25) is 0 Å². The van der Waals surface area contributed by atoms with E-state index in [-0.39, 0.29) is 12.5 Å². The molecular formula is C23H21F5N2O5. The lowest BCUT2D eigenvalue weighted by Crippen LogP contribution is -2.46. The number of carbonyl (C=O) groups excluding carboxylic acids is 2. The lowest BCUT2D eigenvalue weighted by atomic mass is 9.98. The SMILES string of the molecule is O=C(CC(NC(=O)OCC1c2ccccc2-c2ccccc21)C(F)F)NCC(C(=O)O)C(F)(F)F. The Labute approximate surface area is 196 Å². The fourth-order valence-corrected chi connectivity index (χ4v) is 3.83. The van der Waals surface area contributed by atoms with Crippen LogP contribution in [-0.4, -0.2) is 54.9 Å². The summed E-state index contributed by atoms with van der Waals surface area (Å²) >= 11 is 0. The summed E-state index contributed by atoms with van der Waals surface area (Å²) in [6.45, 7) is -1.51. The van der Waals surface area contributed by atoms with E-state index in [2.05, 4.69) is 0 Å². The number of amides is 2. The smallest absolute Gasteiger partial charge is 0.407 e. The van der Waals surface area contributed by atoms with Gasteiger partial charge in [-0.05, 0) is 22.3 Å². The van der Waals surface area contributed by atoms with Gasteiger partial charge in [0.15, 0.2) is 5.92 Å². The van der Waals surface area contributed by atoms with Gasteiger partial charge >= 0.3 is 18.2 Å². The van der Waals surface area contributed by atoms with Gasteiger partial charge in [0.05, 0.1) is 6.42 Å². The third-order valence-corrected chi connectivity index (χ3v) is 5.55. The number of ether oxygens (including phenoxy) is 1. The number of halogens is 5. The standard InChI is InChI=1S/C23H21F5N2O5/c24-20(25)18(9-19(31)29-10-17(21(32)33)23(26,27)28)30-22(34)35-11-16-14-7-3-1-5-12(14)13-6-2-4-8-15(13)16/h1-8,16-18,20H,9-11H2,(H,29,31)(H,30,34)(H,32,33). The first-order chi connectivity index (χ1) is 16.5. The predicted molar refractivity (Wildman–Crippen MR) is 113 cm³/mol. The van der Waals surface area contributed by atoms with Gasteiger partial charge in [-0.3, -0.25) is 9.59 Å². The Morgan fingerprint density at radius 3 is 2.00 bits per heavy atom. The molecule has 0 radical (unpaired) electrons. The van der Waals surface area contributed by atoms with E-state index in [1.165, 1.54) is 0 Å². The summed E-state index contributed by atoms with van der Waals surface area (Å²) in [5.74, 6) is -6.74. The molecule has 2 atom stereocenters. The number of carboxylic acids is 1. The maximum absolute atomic E-state index is 13.3. The van der Waals surface area contributed by atoms with Gasteiger partial charge in [-0.1, -0.05) is 48.5 Å². The number of nitrogens with one attached hydrogen (secondary N) is 2. The third kappa shape index (κ3) is 6.25. The van der Waals surface area contributed by atoms with E-state index in [9.17, 15) is 36.3 Å². The number of alkyl halides is 5. The molecule has 2 aromatic rings. The molecule has 1 aliphatic carbocycles. The van der Waals surface area contributed by atoms with Crippen LogP contribution in [0.1, 0.15) is 23.5 Å². The molecule has 35 heavy (non-hydrogen) atoms. The van der Waals surface area contributed by atoms with E-state index in [1.807, 2.05) is 53.8 Å². The normalized spacial score (nSPS) is 14.6. The summed E-state index contributed by atoms with van der Waals surface area (Å²) < 4.78 is 69.8. The molecule has 1 aliphatic rings. The van der Waals surface area contributed by atoms with Crippen LogP contribution in [0, 0.1) is 5.92 Å². The van der Waals surface area contributed by atoms with E-state index < -0.39 is 55.5 Å². The summed E-state index contributed by atoms with van der Waals surface area (Å²) in [6, 6.07) is 12.8. The minimum atomic E-state index is -5.14. The highest BCUT2D eigenvalue weighted by Crippen LogP contribution is 2.44. The number of rotatable bonds is 9. The van der Waals surface area contributed by atoms with Gasteiger partial charge in [0.1, 0.15) is 12.6 Å². The first kappa shape index (κ1) is 25.9. The molecule has 3 rings (SSSR count). The Balaban J connectivity index is 1.57. The Morgan fingerprint density at radius 2 is 1.51 bits per heavy atom. The minimum absolute atomic E-state index is 0.173. The van der Waals surface area contributed by atoms with Gasteiger partial charge in [-0.15, -0.1) is 0 Å². The molecule has 0 aliphatic heterocycles. The monoisotopic (exact) mass is 500 g/mol. The highest BCUT2D eigenvalue weighted by molar-refractivity contribution is 5.80. The maximum Gasteiger partial charge on any atom is 0.407 e. The molecule has 188 valence electrons. The van der Waals surface area contributed by atoms with Crippen molar-refractivity contribution in [1.82, 2.24) is 10.6 Å². The molecule has 0 heterocycles. The minimum Gasteiger partial charge on any atom is -0.481 e. The first-order valence-corrected chi connectivity index (χ1v) is 10.4. The van der Waals surface area contributed by atoms with Gasteiger partial charge in [0.25, 0.3) is 6.43 Å². The average Bonchev–Trinajstić information content (AvgIpc) is 3.10. The second-order valence-corrected chi connectivity index (χ2v) is 7.85. The molecule has 7 nitrogen and oxygen atoms in total.